The molecule has 0 aromatic carbocycles. The molecule has 0 radical (unpaired) electrons. The van der Waals surface area contributed by atoms with Crippen LogP contribution in [-0.4, -0.2) is 23.0 Å². The third kappa shape index (κ3) is 2.98. The number of nitrogens with zero attached hydrogens (tertiary/aromatic N) is 2. The van der Waals surface area contributed by atoms with Gasteiger partial charge in [0.1, 0.15) is 11.9 Å². The van der Waals surface area contributed by atoms with Crippen LogP contribution in [0.25, 0.3) is 0 Å². The van der Waals surface area contributed by atoms with E-state index < -0.39 is 23.7 Å². The Balaban J connectivity index is 1.99. The molecule has 23 heavy (non-hydrogen) atoms. The highest BCUT2D eigenvalue weighted by molar-refractivity contribution is 6.33. The van der Waals surface area contributed by atoms with Crippen LogP contribution in [0.4, 0.5) is 19.0 Å². The zero-order valence-electron chi connectivity index (χ0n) is 12.3. The number of hydrogen-bond donors (Lipinski definition) is 1. The average molecular weight is 348 g/mol. The van der Waals surface area contributed by atoms with Crippen LogP contribution in [0, 0.1) is 5.92 Å². The lowest BCUT2D eigenvalue weighted by molar-refractivity contribution is -0.137. The molecule has 1 saturated carbocycles. The standard InChI is InChI=1S/C15H17ClF3N3O/c16-10-6-9(15(17,18)19)7-21-14(10)22-11-4-2-1-3-8(11)5-12(22)13(20)23/h6-8,11-12H,1-5H2,(H2,20,23). The summed E-state index contributed by atoms with van der Waals surface area (Å²) in [4.78, 5) is 17.5. The van der Waals surface area contributed by atoms with Crippen LogP contribution in [0.1, 0.15) is 37.7 Å². The molecule has 2 heterocycles. The number of anilines is 1. The smallest absolute Gasteiger partial charge is 0.368 e. The maximum atomic E-state index is 12.8. The first-order chi connectivity index (χ1) is 10.8. The molecule has 2 fully saturated rings. The summed E-state index contributed by atoms with van der Waals surface area (Å²) in [5.41, 5.74) is 4.60. The molecule has 126 valence electrons. The van der Waals surface area contributed by atoms with E-state index in [4.69, 9.17) is 17.3 Å². The van der Waals surface area contributed by atoms with E-state index in [1.807, 2.05) is 0 Å². The molecule has 2 N–H and O–H groups in total. The third-order valence-corrected chi connectivity index (χ3v) is 5.09. The average Bonchev–Trinajstić information content (AvgIpc) is 2.86. The highest BCUT2D eigenvalue weighted by atomic mass is 35.5. The molecule has 1 amide bonds. The second-order valence-corrected chi connectivity index (χ2v) is 6.61. The largest absolute Gasteiger partial charge is 0.417 e. The van der Waals surface area contributed by atoms with Gasteiger partial charge in [0.25, 0.3) is 0 Å². The van der Waals surface area contributed by atoms with Crippen molar-refractivity contribution in [1.29, 1.82) is 0 Å². The van der Waals surface area contributed by atoms with E-state index in [2.05, 4.69) is 4.98 Å². The van der Waals surface area contributed by atoms with Gasteiger partial charge < -0.3 is 10.6 Å². The van der Waals surface area contributed by atoms with Crippen LogP contribution < -0.4 is 10.6 Å². The van der Waals surface area contributed by atoms with E-state index in [1.54, 1.807) is 4.90 Å². The van der Waals surface area contributed by atoms with Gasteiger partial charge in [-0.3, -0.25) is 4.79 Å². The third-order valence-electron chi connectivity index (χ3n) is 4.81. The van der Waals surface area contributed by atoms with Crippen molar-refractivity contribution in [2.75, 3.05) is 4.90 Å². The number of carbonyl (C=O) groups is 1. The maximum Gasteiger partial charge on any atom is 0.417 e. The number of pyridine rings is 1. The van der Waals surface area contributed by atoms with Crippen LogP contribution in [0.3, 0.4) is 0 Å². The second-order valence-electron chi connectivity index (χ2n) is 6.20. The topological polar surface area (TPSA) is 59.2 Å². The molecule has 4 nitrogen and oxygen atoms in total. The molecule has 2 aliphatic rings. The molecule has 0 spiro atoms. The van der Waals surface area contributed by atoms with Gasteiger partial charge in [-0.25, -0.2) is 4.98 Å². The fourth-order valence-electron chi connectivity index (χ4n) is 3.79. The van der Waals surface area contributed by atoms with Crippen molar-refractivity contribution >= 4 is 23.3 Å². The molecular weight excluding hydrogens is 331 g/mol. The molecule has 1 saturated heterocycles. The predicted molar refractivity (Wildman–Crippen MR) is 80.1 cm³/mol. The number of alkyl halides is 3. The molecule has 3 unspecified atom stereocenters. The summed E-state index contributed by atoms with van der Waals surface area (Å²) in [6, 6.07) is 0.353. The quantitative estimate of drug-likeness (QED) is 0.892. The second kappa shape index (κ2) is 5.85. The van der Waals surface area contributed by atoms with Crippen LogP contribution in [0.2, 0.25) is 5.02 Å². The fraction of sp³-hybridized carbons (Fsp3) is 0.600. The van der Waals surface area contributed by atoms with Gasteiger partial charge in [-0.15, -0.1) is 0 Å². The van der Waals surface area contributed by atoms with E-state index in [0.717, 1.165) is 37.9 Å². The van der Waals surface area contributed by atoms with E-state index in [0.29, 0.717) is 12.3 Å². The van der Waals surface area contributed by atoms with Gasteiger partial charge >= 0.3 is 6.18 Å². The van der Waals surface area contributed by atoms with Crippen molar-refractivity contribution in [2.45, 2.75) is 50.4 Å². The minimum absolute atomic E-state index is 0.0583. The van der Waals surface area contributed by atoms with Crippen molar-refractivity contribution < 1.29 is 18.0 Å². The molecule has 8 heteroatoms. The fourth-order valence-corrected chi connectivity index (χ4v) is 4.06. The van der Waals surface area contributed by atoms with Gasteiger partial charge in [0.2, 0.25) is 5.91 Å². The molecule has 0 bridgehead atoms. The molecule has 1 aromatic heterocycles. The van der Waals surface area contributed by atoms with Gasteiger partial charge in [0.05, 0.1) is 10.6 Å². The summed E-state index contributed by atoms with van der Waals surface area (Å²) in [7, 11) is 0. The summed E-state index contributed by atoms with van der Waals surface area (Å²) in [6.45, 7) is 0. The number of aromatic nitrogens is 1. The van der Waals surface area contributed by atoms with Gasteiger partial charge in [-0.05, 0) is 31.2 Å². The Morgan fingerprint density at radius 3 is 2.65 bits per heavy atom. The first-order valence-corrected chi connectivity index (χ1v) is 7.97. The Bertz CT molecular complexity index is 622. The lowest BCUT2D eigenvalue weighted by Crippen LogP contribution is -2.45. The molecule has 3 atom stereocenters. The number of fused-ring (bicyclic) bond motifs is 1. The van der Waals surface area contributed by atoms with Crippen molar-refractivity contribution in [3.05, 3.63) is 22.8 Å². The molecule has 1 aliphatic heterocycles. The van der Waals surface area contributed by atoms with Crippen LogP contribution in [0.15, 0.2) is 12.3 Å². The summed E-state index contributed by atoms with van der Waals surface area (Å²) in [5, 5.41) is -0.0997. The monoisotopic (exact) mass is 347 g/mol. The summed E-state index contributed by atoms with van der Waals surface area (Å²) in [5.74, 6) is 0.0384. The molecule has 1 aliphatic carbocycles. The van der Waals surface area contributed by atoms with Crippen molar-refractivity contribution in [2.24, 2.45) is 11.7 Å². The Labute approximate surface area is 136 Å². The van der Waals surface area contributed by atoms with E-state index in [1.165, 1.54) is 0 Å². The van der Waals surface area contributed by atoms with Crippen LogP contribution in [0.5, 0.6) is 0 Å². The van der Waals surface area contributed by atoms with Crippen LogP contribution in [-0.2, 0) is 11.0 Å². The van der Waals surface area contributed by atoms with Gasteiger partial charge in [0.15, 0.2) is 0 Å². The van der Waals surface area contributed by atoms with E-state index in [9.17, 15) is 18.0 Å². The summed E-state index contributed by atoms with van der Waals surface area (Å²) >= 11 is 6.06. The highest BCUT2D eigenvalue weighted by Gasteiger charge is 2.46. The molecule has 3 rings (SSSR count). The normalized spacial score (nSPS) is 27.8. The van der Waals surface area contributed by atoms with E-state index in [-0.39, 0.29) is 16.9 Å². The highest BCUT2D eigenvalue weighted by Crippen LogP contribution is 2.44. The number of carbonyl (C=O) groups excluding carboxylic acids is 1. The number of halogens is 4. The summed E-state index contributed by atoms with van der Waals surface area (Å²) < 4.78 is 38.3. The van der Waals surface area contributed by atoms with E-state index >= 15 is 0 Å². The lowest BCUT2D eigenvalue weighted by Gasteiger charge is -2.34. The van der Waals surface area contributed by atoms with Gasteiger partial charge in [0, 0.05) is 12.2 Å². The van der Waals surface area contributed by atoms with Crippen molar-refractivity contribution in [1.82, 2.24) is 4.98 Å². The molecule has 1 aromatic rings. The maximum absolute atomic E-state index is 12.8. The summed E-state index contributed by atoms with van der Waals surface area (Å²) in [6.07, 6.45) is 0.831. The van der Waals surface area contributed by atoms with Crippen molar-refractivity contribution in [3.8, 4) is 0 Å². The SMILES string of the molecule is NC(=O)C1CC2CCCCC2N1c1ncc(C(F)(F)F)cc1Cl. The predicted octanol–water partition coefficient (Wildman–Crippen LogP) is 3.38. The number of nitrogens with two attached hydrogens (primary N) is 1. The van der Waals surface area contributed by atoms with Crippen LogP contribution >= 0.6 is 11.6 Å². The Morgan fingerprint density at radius 2 is 2.04 bits per heavy atom. The van der Waals surface area contributed by atoms with Crippen molar-refractivity contribution in [3.63, 3.8) is 0 Å². The zero-order valence-corrected chi connectivity index (χ0v) is 13.1. The number of primary amides is 1. The Morgan fingerprint density at radius 1 is 1.35 bits per heavy atom. The molecular formula is C15H17ClF3N3O. The first-order valence-electron chi connectivity index (χ1n) is 7.59. The Hall–Kier alpha value is -1.50. The zero-order chi connectivity index (χ0) is 16.8. The number of amides is 1. The van der Waals surface area contributed by atoms with Gasteiger partial charge in [-0.2, -0.15) is 13.2 Å². The minimum atomic E-state index is -4.50. The lowest BCUT2D eigenvalue weighted by atomic mass is 9.84. The first kappa shape index (κ1) is 16.4. The van der Waals surface area contributed by atoms with Gasteiger partial charge in [-0.1, -0.05) is 24.4 Å². The number of rotatable bonds is 2. The number of hydrogen-bond acceptors (Lipinski definition) is 3. The minimum Gasteiger partial charge on any atom is -0.368 e. The Kier molecular flexibility index (Phi) is 4.16.